The number of furan rings is 4. The van der Waals surface area contributed by atoms with Gasteiger partial charge >= 0.3 is 0 Å². The van der Waals surface area contributed by atoms with Crippen molar-refractivity contribution in [1.82, 2.24) is 9.13 Å². The average Bonchev–Trinajstić information content (AvgIpc) is 1.56. The van der Waals surface area contributed by atoms with Crippen molar-refractivity contribution in [2.45, 2.75) is 66.2 Å². The molecule has 6 aromatic heterocycles. The molecule has 12 aromatic carbocycles. The number of nitrogens with two attached hydrogens (primary N) is 1. The van der Waals surface area contributed by atoms with Gasteiger partial charge in [0.2, 0.25) is 11.4 Å². The third kappa shape index (κ3) is 11.9. The molecule has 484 valence electrons. The van der Waals surface area contributed by atoms with E-state index in [0.717, 1.165) is 153 Å². The van der Waals surface area contributed by atoms with Gasteiger partial charge in [-0.1, -0.05) is 208 Å². The maximum atomic E-state index is 6.69. The van der Waals surface area contributed by atoms with Gasteiger partial charge in [0.1, 0.15) is 27.9 Å². The fourth-order valence-electron chi connectivity index (χ4n) is 13.5. The van der Waals surface area contributed by atoms with Gasteiger partial charge in [0.05, 0.1) is 49.9 Å². The van der Waals surface area contributed by atoms with Crippen molar-refractivity contribution >= 4 is 183 Å². The zero-order valence-electron chi connectivity index (χ0n) is 55.3. The summed E-state index contributed by atoms with van der Waals surface area (Å²) in [5, 5.41) is 13.4. The lowest BCUT2D eigenvalue weighted by atomic mass is 9.86. The Hall–Kier alpha value is -10.1. The highest BCUT2D eigenvalue weighted by molar-refractivity contribution is 9.10. The molecule has 8 nitrogen and oxygen atoms in total. The number of benzene rings is 12. The van der Waals surface area contributed by atoms with E-state index in [9.17, 15) is 0 Å². The summed E-state index contributed by atoms with van der Waals surface area (Å²) < 4.78 is 30.5. The first-order valence-corrected chi connectivity index (χ1v) is 34.5. The first-order chi connectivity index (χ1) is 47.2. The van der Waals surface area contributed by atoms with Crippen LogP contribution in [0.3, 0.4) is 0 Å². The Bertz CT molecular complexity index is 6070. The Morgan fingerprint density at radius 1 is 0.367 bits per heavy atom. The van der Waals surface area contributed by atoms with E-state index in [4.69, 9.17) is 58.2 Å². The standard InChI is InChI=1S/C43H33ClN2O2.C25H22ClNO.C12H9NO.C6H4BrCl/c1-26-21-30(45(29-12-9-11-28(44)24-29)36-15-10-18-39-41(36)33-14-6-7-16-37(33)47-39)25-31(22-26)46-35-20-19-27(43(2,3)4)23-34(35)40-32-13-5-8-17-38(32)48-42(40)46;1-15-11-17(26)14-18(12-15)27-21-10-9-16(25(2,3)4)13-20(21)23-19-7-5-6-8-22(19)28-24(23)27;13-10-6-3-5-9-8-4-1-2-7-11(8)14-12(9)10;7-5-2-1-3-6(8)4-5/h5-25H,1-4H3;5-14H,1-4H3;1-7H,13H2;1-4H. The minimum atomic E-state index is 0.00832. The van der Waals surface area contributed by atoms with E-state index < -0.39 is 0 Å². The molecule has 18 rings (SSSR count). The molecule has 98 heavy (non-hydrogen) atoms. The van der Waals surface area contributed by atoms with Gasteiger partial charge in [-0.15, -0.1) is 0 Å². The first kappa shape index (κ1) is 63.9. The summed E-state index contributed by atoms with van der Waals surface area (Å²) in [7, 11) is 0. The lowest BCUT2D eigenvalue weighted by Crippen LogP contribution is -2.11. The number of halogens is 4. The van der Waals surface area contributed by atoms with E-state index in [1.807, 2.05) is 133 Å². The molecule has 0 aliphatic rings. The molecule has 0 bridgehead atoms. The summed E-state index contributed by atoms with van der Waals surface area (Å²) >= 11 is 21.9. The highest BCUT2D eigenvalue weighted by Gasteiger charge is 2.27. The van der Waals surface area contributed by atoms with Crippen molar-refractivity contribution in [3.8, 4) is 11.4 Å². The summed E-state index contributed by atoms with van der Waals surface area (Å²) in [4.78, 5) is 2.28. The molecule has 0 amide bonds. The van der Waals surface area contributed by atoms with Crippen LogP contribution in [-0.2, 0) is 10.8 Å². The van der Waals surface area contributed by atoms with E-state index in [0.29, 0.717) is 10.7 Å². The van der Waals surface area contributed by atoms with Gasteiger partial charge in [-0.2, -0.15) is 0 Å². The maximum Gasteiger partial charge on any atom is 0.213 e. The fraction of sp³-hybridized carbons (Fsp3) is 0.116. The van der Waals surface area contributed by atoms with Gasteiger partial charge in [-0.25, -0.2) is 0 Å². The monoisotopic (exact) mass is 1400 g/mol. The summed E-state index contributed by atoms with van der Waals surface area (Å²) in [5.41, 5.74) is 25.6. The third-order valence-electron chi connectivity index (χ3n) is 18.1. The van der Waals surface area contributed by atoms with Crippen LogP contribution in [-0.4, -0.2) is 9.13 Å². The molecule has 0 aliphatic carbocycles. The maximum absolute atomic E-state index is 6.69. The lowest BCUT2D eigenvalue weighted by molar-refractivity contribution is 0.591. The smallest absolute Gasteiger partial charge is 0.213 e. The third-order valence-corrected chi connectivity index (χ3v) is 19.2. The second-order valence-electron chi connectivity index (χ2n) is 27.0. The number of nitrogens with zero attached hydrogens (tertiary/aromatic N) is 3. The molecule has 0 atom stereocenters. The van der Waals surface area contributed by atoms with E-state index in [1.165, 1.54) is 21.9 Å². The molecule has 0 fully saturated rings. The molecule has 0 radical (unpaired) electrons. The summed E-state index contributed by atoms with van der Waals surface area (Å²) in [6.07, 6.45) is 0. The van der Waals surface area contributed by atoms with Gasteiger partial charge < -0.3 is 28.3 Å². The van der Waals surface area contributed by atoms with Crippen molar-refractivity contribution in [3.05, 3.63) is 297 Å². The van der Waals surface area contributed by atoms with E-state index >= 15 is 0 Å². The predicted molar refractivity (Wildman–Crippen MR) is 417 cm³/mol. The summed E-state index contributed by atoms with van der Waals surface area (Å²) in [6.45, 7) is 17.7. The molecule has 0 unspecified atom stereocenters. The number of aryl methyl sites for hydroxylation is 2. The Morgan fingerprint density at radius 3 is 1.38 bits per heavy atom. The highest BCUT2D eigenvalue weighted by Crippen LogP contribution is 2.47. The molecule has 0 spiro atoms. The largest absolute Gasteiger partial charge is 0.456 e. The molecular weight excluding hydrogens is 1340 g/mol. The Balaban J connectivity index is 0.000000130. The number of para-hydroxylation sites is 5. The van der Waals surface area contributed by atoms with Crippen LogP contribution in [0.15, 0.2) is 277 Å². The van der Waals surface area contributed by atoms with Crippen LogP contribution in [0, 0.1) is 13.8 Å². The van der Waals surface area contributed by atoms with Crippen LogP contribution >= 0.6 is 50.7 Å². The number of hydrogen-bond donors (Lipinski definition) is 1. The Kier molecular flexibility index (Phi) is 16.5. The number of nitrogen functional groups attached to an aromatic ring is 1. The quantitative estimate of drug-likeness (QED) is 0.173. The average molecular weight is 1410 g/mol. The number of hydrogen-bond acceptors (Lipinski definition) is 6. The van der Waals surface area contributed by atoms with Gasteiger partial charge in [-0.05, 0) is 186 Å². The van der Waals surface area contributed by atoms with E-state index in [1.54, 1.807) is 0 Å². The minimum absolute atomic E-state index is 0.00832. The fourth-order valence-corrected chi connectivity index (χ4v) is 14.7. The van der Waals surface area contributed by atoms with Crippen LogP contribution in [0.2, 0.25) is 15.1 Å². The van der Waals surface area contributed by atoms with Crippen molar-refractivity contribution in [3.63, 3.8) is 0 Å². The van der Waals surface area contributed by atoms with Gasteiger partial charge in [-0.3, -0.25) is 9.13 Å². The van der Waals surface area contributed by atoms with Crippen LogP contribution < -0.4 is 10.6 Å². The lowest BCUT2D eigenvalue weighted by Gasteiger charge is -2.27. The van der Waals surface area contributed by atoms with Crippen LogP contribution in [0.1, 0.15) is 63.8 Å². The van der Waals surface area contributed by atoms with Crippen molar-refractivity contribution in [1.29, 1.82) is 0 Å². The molecule has 12 heteroatoms. The zero-order chi connectivity index (χ0) is 67.9. The van der Waals surface area contributed by atoms with Gasteiger partial charge in [0, 0.05) is 68.6 Å². The van der Waals surface area contributed by atoms with Gasteiger partial charge in [0.25, 0.3) is 0 Å². The van der Waals surface area contributed by atoms with Gasteiger partial charge in [0.15, 0.2) is 5.58 Å². The second-order valence-corrected chi connectivity index (χ2v) is 29.3. The van der Waals surface area contributed by atoms with Crippen LogP contribution in [0.5, 0.6) is 0 Å². The summed E-state index contributed by atoms with van der Waals surface area (Å²) in [5.74, 6) is 0. The molecule has 2 N–H and O–H groups in total. The number of fused-ring (bicyclic) bond motifs is 16. The zero-order valence-corrected chi connectivity index (χ0v) is 59.2. The van der Waals surface area contributed by atoms with E-state index in [2.05, 4.69) is 207 Å². The highest BCUT2D eigenvalue weighted by atomic mass is 79.9. The molecule has 0 saturated heterocycles. The molecule has 18 aromatic rings. The van der Waals surface area contributed by atoms with Crippen molar-refractivity contribution in [2.75, 3.05) is 10.6 Å². The number of rotatable bonds is 5. The molecule has 6 heterocycles. The topological polar surface area (TPSA) is 91.7 Å². The SMILES string of the molecule is Cc1cc(Cl)cc(-n2c3ccc(C(C)(C)C)cc3c3c4ccccc4oc32)c1.Cc1cc(N(c2cccc(Cl)c2)c2cccc3oc4ccccc4c23)cc(-n2c3ccc(C(C)(C)C)cc3c3c4ccccc4oc32)c1.Clc1cccc(Br)c1.Nc1cccc2c1oc1ccccc12. The molecule has 0 aliphatic heterocycles. The molecule has 0 saturated carbocycles. The number of aromatic nitrogens is 2. The van der Waals surface area contributed by atoms with Crippen molar-refractivity contribution in [2.24, 2.45) is 0 Å². The predicted octanol–water partition coefficient (Wildman–Crippen LogP) is 27.2. The summed E-state index contributed by atoms with van der Waals surface area (Å²) in [6, 6.07) is 86.8. The Labute approximate surface area is 590 Å². The van der Waals surface area contributed by atoms with E-state index in [-0.39, 0.29) is 10.8 Å². The number of anilines is 4. The van der Waals surface area contributed by atoms with Crippen LogP contribution in [0.4, 0.5) is 22.7 Å². The minimum Gasteiger partial charge on any atom is -0.456 e. The normalized spacial score (nSPS) is 11.9. The first-order valence-electron chi connectivity index (χ1n) is 32.6. The Morgan fingerprint density at radius 2 is 0.837 bits per heavy atom. The van der Waals surface area contributed by atoms with Crippen molar-refractivity contribution < 1.29 is 17.7 Å². The second kappa shape index (κ2) is 25.4. The molecular formula is C86H68BrCl3N4O4. The van der Waals surface area contributed by atoms with Crippen LogP contribution in [0.25, 0.3) is 121 Å².